The Labute approximate surface area is 124 Å². The van der Waals surface area contributed by atoms with Gasteiger partial charge in [-0.3, -0.25) is 4.79 Å². The van der Waals surface area contributed by atoms with Crippen molar-refractivity contribution in [1.29, 1.82) is 0 Å². The fourth-order valence-corrected chi connectivity index (χ4v) is 5.70. The summed E-state index contributed by atoms with van der Waals surface area (Å²) >= 11 is 0. The Morgan fingerprint density at radius 3 is 2.76 bits per heavy atom. The first-order valence-electron chi connectivity index (χ1n) is 7.16. The summed E-state index contributed by atoms with van der Waals surface area (Å²) in [4.78, 5) is 11.5. The molecule has 21 heavy (non-hydrogen) atoms. The molecule has 0 bridgehead atoms. The second-order valence-corrected chi connectivity index (χ2v) is 8.48. The summed E-state index contributed by atoms with van der Waals surface area (Å²) in [5, 5.41) is 2.76. The van der Waals surface area contributed by atoms with Crippen molar-refractivity contribution in [2.75, 3.05) is 18.1 Å². The van der Waals surface area contributed by atoms with Crippen molar-refractivity contribution in [2.45, 2.75) is 29.9 Å². The lowest BCUT2D eigenvalue weighted by molar-refractivity contribution is -0.122. The molecule has 1 aromatic rings. The van der Waals surface area contributed by atoms with Crippen LogP contribution in [0.25, 0.3) is 0 Å². The third-order valence-electron chi connectivity index (χ3n) is 5.03. The van der Waals surface area contributed by atoms with Gasteiger partial charge in [0.2, 0.25) is 5.91 Å². The number of amides is 1. The van der Waals surface area contributed by atoms with E-state index >= 15 is 0 Å². The molecule has 0 aromatic heterocycles. The maximum Gasteiger partial charge on any atom is 0.220 e. The molecule has 1 spiro atoms. The van der Waals surface area contributed by atoms with E-state index in [-0.39, 0.29) is 5.92 Å². The molecular formula is C15H20N2O3S. The predicted molar refractivity (Wildman–Crippen MR) is 81.8 cm³/mol. The van der Waals surface area contributed by atoms with Crippen LogP contribution in [-0.2, 0) is 20.0 Å². The largest absolute Gasteiger partial charge is 0.384 e. The highest BCUT2D eigenvalue weighted by molar-refractivity contribution is 7.91. The molecule has 1 aliphatic heterocycles. The number of rotatable bonds is 2. The minimum atomic E-state index is -3.27. The van der Waals surface area contributed by atoms with E-state index in [2.05, 4.69) is 5.32 Å². The standard InChI is InChI=1S/C15H20N2O3S/c1-21(19,20)13-8-10(14(16)18)6-7-15(13)9-17-12-5-3-2-4-11(12)15/h2-5,10,13,17H,6-9H2,1H3,(H2,16,18). The maximum absolute atomic E-state index is 12.3. The molecule has 3 rings (SSSR count). The number of nitrogens with two attached hydrogens (primary N) is 1. The first-order valence-corrected chi connectivity index (χ1v) is 9.11. The SMILES string of the molecule is CS(=O)(=O)C1CC(C(N)=O)CCC12CNc1ccccc12. The summed E-state index contributed by atoms with van der Waals surface area (Å²) in [6.45, 7) is 0.607. The van der Waals surface area contributed by atoms with Gasteiger partial charge in [-0.25, -0.2) is 8.42 Å². The molecule has 6 heteroatoms. The summed E-state index contributed by atoms with van der Waals surface area (Å²) in [6, 6.07) is 7.85. The van der Waals surface area contributed by atoms with Crippen molar-refractivity contribution < 1.29 is 13.2 Å². The van der Waals surface area contributed by atoms with Crippen LogP contribution in [0.2, 0.25) is 0 Å². The summed E-state index contributed by atoms with van der Waals surface area (Å²) in [5.74, 6) is -0.735. The lowest BCUT2D eigenvalue weighted by atomic mass is 9.67. The Balaban J connectivity index is 2.08. The Hall–Kier alpha value is -1.56. The zero-order valence-electron chi connectivity index (χ0n) is 12.0. The number of benzene rings is 1. The summed E-state index contributed by atoms with van der Waals surface area (Å²) in [6.07, 6.45) is 2.91. The molecule has 1 amide bonds. The van der Waals surface area contributed by atoms with Gasteiger partial charge < -0.3 is 11.1 Å². The first-order chi connectivity index (χ1) is 9.84. The van der Waals surface area contributed by atoms with E-state index in [4.69, 9.17) is 5.73 Å². The molecule has 3 atom stereocenters. The Bertz CT molecular complexity index is 686. The maximum atomic E-state index is 12.3. The summed E-state index contributed by atoms with van der Waals surface area (Å²) < 4.78 is 24.7. The van der Waals surface area contributed by atoms with E-state index in [9.17, 15) is 13.2 Å². The van der Waals surface area contributed by atoms with Gasteiger partial charge in [0.05, 0.1) is 5.25 Å². The number of primary amides is 1. The van der Waals surface area contributed by atoms with E-state index < -0.39 is 26.4 Å². The molecule has 0 saturated heterocycles. The van der Waals surface area contributed by atoms with Crippen LogP contribution in [0.15, 0.2) is 24.3 Å². The van der Waals surface area contributed by atoms with Crippen LogP contribution in [0.3, 0.4) is 0 Å². The molecule has 114 valence electrons. The van der Waals surface area contributed by atoms with Crippen LogP contribution < -0.4 is 11.1 Å². The number of sulfone groups is 1. The van der Waals surface area contributed by atoms with Crippen LogP contribution in [0.1, 0.15) is 24.8 Å². The zero-order chi connectivity index (χ0) is 15.3. The molecule has 1 heterocycles. The van der Waals surface area contributed by atoms with Gasteiger partial charge in [-0.05, 0) is 30.9 Å². The molecule has 0 radical (unpaired) electrons. The number of anilines is 1. The molecular weight excluding hydrogens is 288 g/mol. The minimum Gasteiger partial charge on any atom is -0.384 e. The number of hydrogen-bond acceptors (Lipinski definition) is 4. The van der Waals surface area contributed by atoms with Gasteiger partial charge in [0.15, 0.2) is 9.84 Å². The van der Waals surface area contributed by atoms with Gasteiger partial charge >= 0.3 is 0 Å². The van der Waals surface area contributed by atoms with E-state index in [1.807, 2.05) is 24.3 Å². The van der Waals surface area contributed by atoms with Crippen molar-refractivity contribution in [3.8, 4) is 0 Å². The predicted octanol–water partition coefficient (Wildman–Crippen LogP) is 1.05. The quantitative estimate of drug-likeness (QED) is 0.854. The van der Waals surface area contributed by atoms with E-state index in [1.54, 1.807) is 0 Å². The summed E-state index contributed by atoms with van der Waals surface area (Å²) in [7, 11) is -3.27. The molecule has 3 unspecified atom stereocenters. The van der Waals surface area contributed by atoms with Crippen LogP contribution >= 0.6 is 0 Å². The van der Waals surface area contributed by atoms with Gasteiger partial charge in [0, 0.05) is 29.8 Å². The van der Waals surface area contributed by atoms with Gasteiger partial charge in [0.1, 0.15) is 0 Å². The molecule has 5 nitrogen and oxygen atoms in total. The van der Waals surface area contributed by atoms with E-state index in [0.29, 0.717) is 25.8 Å². The second kappa shape index (κ2) is 4.73. The molecule has 3 N–H and O–H groups in total. The van der Waals surface area contributed by atoms with Crippen molar-refractivity contribution in [2.24, 2.45) is 11.7 Å². The average molecular weight is 308 g/mol. The minimum absolute atomic E-state index is 0.324. The van der Waals surface area contributed by atoms with Crippen LogP contribution in [-0.4, -0.2) is 32.4 Å². The van der Waals surface area contributed by atoms with Gasteiger partial charge in [0.25, 0.3) is 0 Å². The van der Waals surface area contributed by atoms with Crippen LogP contribution in [0.4, 0.5) is 5.69 Å². The molecule has 1 aromatic carbocycles. The lowest BCUT2D eigenvalue weighted by Crippen LogP contribution is -2.51. The smallest absolute Gasteiger partial charge is 0.220 e. The van der Waals surface area contributed by atoms with Gasteiger partial charge in [-0.1, -0.05) is 18.2 Å². The van der Waals surface area contributed by atoms with Crippen LogP contribution in [0, 0.1) is 5.92 Å². The molecule has 2 aliphatic rings. The fraction of sp³-hybridized carbons (Fsp3) is 0.533. The van der Waals surface area contributed by atoms with Crippen LogP contribution in [0.5, 0.6) is 0 Å². The van der Waals surface area contributed by atoms with E-state index in [0.717, 1.165) is 11.3 Å². The van der Waals surface area contributed by atoms with Gasteiger partial charge in [-0.2, -0.15) is 0 Å². The number of para-hydroxylation sites is 1. The van der Waals surface area contributed by atoms with Crippen molar-refractivity contribution in [3.05, 3.63) is 29.8 Å². The molecule has 1 aliphatic carbocycles. The number of carbonyl (C=O) groups is 1. The van der Waals surface area contributed by atoms with Crippen molar-refractivity contribution in [1.82, 2.24) is 0 Å². The van der Waals surface area contributed by atoms with Crippen molar-refractivity contribution >= 4 is 21.4 Å². The fourth-order valence-electron chi connectivity index (χ4n) is 3.97. The second-order valence-electron chi connectivity index (χ2n) is 6.25. The topological polar surface area (TPSA) is 89.3 Å². The lowest BCUT2D eigenvalue weighted by Gasteiger charge is -2.42. The monoisotopic (exact) mass is 308 g/mol. The first kappa shape index (κ1) is 14.4. The highest BCUT2D eigenvalue weighted by Gasteiger charge is 2.53. The van der Waals surface area contributed by atoms with Crippen molar-refractivity contribution in [3.63, 3.8) is 0 Å². The zero-order valence-corrected chi connectivity index (χ0v) is 12.8. The Kier molecular flexibility index (Phi) is 3.24. The third-order valence-corrected chi connectivity index (χ3v) is 6.71. The highest BCUT2D eigenvalue weighted by atomic mass is 32.2. The number of hydrogen-bond donors (Lipinski definition) is 2. The number of carbonyl (C=O) groups excluding carboxylic acids is 1. The molecule has 1 fully saturated rings. The Morgan fingerprint density at radius 2 is 2.10 bits per heavy atom. The number of nitrogens with one attached hydrogen (secondary N) is 1. The third kappa shape index (κ3) is 2.21. The summed E-state index contributed by atoms with van der Waals surface area (Å²) in [5.41, 5.74) is 7.03. The number of fused-ring (bicyclic) bond motifs is 2. The average Bonchev–Trinajstić information content (AvgIpc) is 2.78. The Morgan fingerprint density at radius 1 is 1.38 bits per heavy atom. The highest BCUT2D eigenvalue weighted by Crippen LogP contribution is 2.50. The van der Waals surface area contributed by atoms with Gasteiger partial charge in [-0.15, -0.1) is 0 Å². The normalized spacial score (nSPS) is 31.7. The van der Waals surface area contributed by atoms with E-state index in [1.165, 1.54) is 6.26 Å². The molecule has 1 saturated carbocycles.